The van der Waals surface area contributed by atoms with Gasteiger partial charge in [-0.05, 0) is 22.0 Å². The van der Waals surface area contributed by atoms with Crippen LogP contribution in [0.4, 0.5) is 0 Å². The van der Waals surface area contributed by atoms with Crippen LogP contribution in [0.3, 0.4) is 0 Å². The lowest BCUT2D eigenvalue weighted by molar-refractivity contribution is 0.0535. The van der Waals surface area contributed by atoms with Crippen LogP contribution in [0.25, 0.3) is 0 Å². The van der Waals surface area contributed by atoms with Crippen molar-refractivity contribution in [1.29, 1.82) is 0 Å². The molecular formula is C14H23BrN2O3. The molecule has 0 spiro atoms. The smallest absolute Gasteiger partial charge is 0.217 e. The van der Waals surface area contributed by atoms with Crippen molar-refractivity contribution >= 4 is 15.9 Å². The molecule has 0 aliphatic carbocycles. The van der Waals surface area contributed by atoms with Gasteiger partial charge in [-0.25, -0.2) is 4.98 Å². The minimum absolute atomic E-state index is 0.416. The predicted octanol–water partition coefficient (Wildman–Crippen LogP) is 2.38. The lowest BCUT2D eigenvalue weighted by atomic mass is 10.2. The van der Waals surface area contributed by atoms with E-state index in [0.29, 0.717) is 38.3 Å². The third kappa shape index (κ3) is 7.19. The Kier molecular flexibility index (Phi) is 8.77. The molecule has 0 amide bonds. The van der Waals surface area contributed by atoms with Gasteiger partial charge in [-0.2, -0.15) is 0 Å². The number of methoxy groups -OCH3 is 1. The maximum absolute atomic E-state index is 5.67. The highest BCUT2D eigenvalue weighted by atomic mass is 79.9. The van der Waals surface area contributed by atoms with Gasteiger partial charge < -0.3 is 19.5 Å². The average Bonchev–Trinajstić information content (AvgIpc) is 2.42. The first-order chi connectivity index (χ1) is 9.63. The van der Waals surface area contributed by atoms with Gasteiger partial charge in [-0.1, -0.05) is 13.8 Å². The highest BCUT2D eigenvalue weighted by Crippen LogP contribution is 2.20. The van der Waals surface area contributed by atoms with Gasteiger partial charge in [0, 0.05) is 35.9 Å². The van der Waals surface area contributed by atoms with Gasteiger partial charge in [0.25, 0.3) is 0 Å². The van der Waals surface area contributed by atoms with Crippen LogP contribution in [-0.2, 0) is 16.0 Å². The second kappa shape index (κ2) is 10.1. The third-order valence-corrected chi connectivity index (χ3v) is 2.92. The van der Waals surface area contributed by atoms with E-state index in [1.807, 2.05) is 6.07 Å². The number of aromatic nitrogens is 1. The quantitative estimate of drug-likeness (QED) is 0.659. The van der Waals surface area contributed by atoms with Gasteiger partial charge in [0.2, 0.25) is 5.88 Å². The normalized spacial score (nSPS) is 11.1. The van der Waals surface area contributed by atoms with Crippen molar-refractivity contribution in [3.63, 3.8) is 0 Å². The van der Waals surface area contributed by atoms with Crippen molar-refractivity contribution in [2.75, 3.05) is 33.5 Å². The number of pyridine rings is 1. The standard InChI is InChI=1S/C14H23BrN2O3/c1-11(2)16-9-12-8-13(15)10-17-14(12)20-7-6-19-5-4-18-3/h8,10-11,16H,4-7,9H2,1-3H3. The lowest BCUT2D eigenvalue weighted by Crippen LogP contribution is -2.22. The van der Waals surface area contributed by atoms with Crippen molar-refractivity contribution in [3.05, 3.63) is 22.3 Å². The van der Waals surface area contributed by atoms with Crippen molar-refractivity contribution in [1.82, 2.24) is 10.3 Å². The second-order valence-electron chi connectivity index (χ2n) is 4.61. The summed E-state index contributed by atoms with van der Waals surface area (Å²) < 4.78 is 16.9. The predicted molar refractivity (Wildman–Crippen MR) is 82.1 cm³/mol. The SMILES string of the molecule is COCCOCCOc1ncc(Br)cc1CNC(C)C. The first-order valence-electron chi connectivity index (χ1n) is 6.70. The molecule has 1 aromatic heterocycles. The molecule has 0 unspecified atom stereocenters. The van der Waals surface area contributed by atoms with Gasteiger partial charge in [-0.15, -0.1) is 0 Å². The van der Waals surface area contributed by atoms with Crippen molar-refractivity contribution in [2.45, 2.75) is 26.4 Å². The Morgan fingerprint density at radius 3 is 2.70 bits per heavy atom. The van der Waals surface area contributed by atoms with Crippen molar-refractivity contribution < 1.29 is 14.2 Å². The minimum Gasteiger partial charge on any atom is -0.475 e. The van der Waals surface area contributed by atoms with E-state index in [1.165, 1.54) is 0 Å². The average molecular weight is 347 g/mol. The summed E-state index contributed by atoms with van der Waals surface area (Å²) in [5, 5.41) is 3.36. The van der Waals surface area contributed by atoms with Crippen LogP contribution >= 0.6 is 15.9 Å². The number of ether oxygens (including phenoxy) is 3. The molecule has 5 nitrogen and oxygen atoms in total. The van der Waals surface area contributed by atoms with Crippen LogP contribution in [0.1, 0.15) is 19.4 Å². The molecule has 1 rings (SSSR count). The van der Waals surface area contributed by atoms with E-state index in [1.54, 1.807) is 13.3 Å². The molecule has 0 bridgehead atoms. The first kappa shape index (κ1) is 17.4. The Bertz CT molecular complexity index is 389. The number of rotatable bonds is 10. The van der Waals surface area contributed by atoms with Crippen molar-refractivity contribution in [2.24, 2.45) is 0 Å². The van der Waals surface area contributed by atoms with Gasteiger partial charge in [0.15, 0.2) is 0 Å². The van der Waals surface area contributed by atoms with Crippen LogP contribution in [0, 0.1) is 0 Å². The topological polar surface area (TPSA) is 52.6 Å². The number of nitrogens with one attached hydrogen (secondary N) is 1. The number of hydrogen-bond acceptors (Lipinski definition) is 5. The summed E-state index contributed by atoms with van der Waals surface area (Å²) in [6.45, 7) is 7.12. The fourth-order valence-electron chi connectivity index (χ4n) is 1.48. The summed E-state index contributed by atoms with van der Waals surface area (Å²) in [5.74, 6) is 0.650. The Hall–Kier alpha value is -0.690. The van der Waals surface area contributed by atoms with Crippen LogP contribution < -0.4 is 10.1 Å². The largest absolute Gasteiger partial charge is 0.475 e. The molecule has 0 atom stereocenters. The van der Waals surface area contributed by atoms with E-state index >= 15 is 0 Å². The Morgan fingerprint density at radius 1 is 1.25 bits per heavy atom. The van der Waals surface area contributed by atoms with Gasteiger partial charge in [0.05, 0.1) is 19.8 Å². The van der Waals surface area contributed by atoms with E-state index in [4.69, 9.17) is 14.2 Å². The van der Waals surface area contributed by atoms with Crippen LogP contribution in [0.5, 0.6) is 5.88 Å². The van der Waals surface area contributed by atoms with E-state index in [2.05, 4.69) is 40.1 Å². The lowest BCUT2D eigenvalue weighted by Gasteiger charge is -2.13. The summed E-state index contributed by atoms with van der Waals surface area (Å²) in [6.07, 6.45) is 1.74. The number of hydrogen-bond donors (Lipinski definition) is 1. The Balaban J connectivity index is 2.43. The van der Waals surface area contributed by atoms with E-state index in [0.717, 1.165) is 16.6 Å². The number of nitrogens with zero attached hydrogens (tertiary/aromatic N) is 1. The number of halogens is 1. The summed E-state index contributed by atoms with van der Waals surface area (Å²) in [6, 6.07) is 2.43. The molecule has 114 valence electrons. The molecule has 0 radical (unpaired) electrons. The minimum atomic E-state index is 0.416. The summed E-state index contributed by atoms with van der Waals surface area (Å²) in [5.41, 5.74) is 1.03. The summed E-state index contributed by atoms with van der Waals surface area (Å²) >= 11 is 3.43. The molecule has 0 saturated heterocycles. The molecule has 0 fully saturated rings. The maximum Gasteiger partial charge on any atom is 0.217 e. The zero-order valence-corrected chi connectivity index (χ0v) is 13.9. The molecule has 0 aliphatic rings. The maximum atomic E-state index is 5.67. The fourth-order valence-corrected chi connectivity index (χ4v) is 1.86. The summed E-state index contributed by atoms with van der Waals surface area (Å²) in [7, 11) is 1.65. The monoisotopic (exact) mass is 346 g/mol. The zero-order valence-electron chi connectivity index (χ0n) is 12.3. The third-order valence-electron chi connectivity index (χ3n) is 2.49. The molecule has 0 aliphatic heterocycles. The van der Waals surface area contributed by atoms with Gasteiger partial charge in [-0.3, -0.25) is 0 Å². The molecule has 0 aromatic carbocycles. The molecule has 6 heteroatoms. The second-order valence-corrected chi connectivity index (χ2v) is 5.52. The van der Waals surface area contributed by atoms with Crippen molar-refractivity contribution in [3.8, 4) is 5.88 Å². The highest BCUT2D eigenvalue weighted by Gasteiger charge is 2.07. The van der Waals surface area contributed by atoms with E-state index in [9.17, 15) is 0 Å². The Labute approximate surface area is 129 Å². The molecule has 1 aromatic rings. The van der Waals surface area contributed by atoms with Gasteiger partial charge in [0.1, 0.15) is 6.61 Å². The van der Waals surface area contributed by atoms with Crippen LogP contribution in [-0.4, -0.2) is 44.6 Å². The molecule has 20 heavy (non-hydrogen) atoms. The van der Waals surface area contributed by atoms with E-state index in [-0.39, 0.29) is 0 Å². The van der Waals surface area contributed by atoms with E-state index < -0.39 is 0 Å². The summed E-state index contributed by atoms with van der Waals surface area (Å²) in [4.78, 5) is 4.30. The fraction of sp³-hybridized carbons (Fsp3) is 0.643. The molecule has 1 heterocycles. The molecule has 1 N–H and O–H groups in total. The molecular weight excluding hydrogens is 324 g/mol. The first-order valence-corrected chi connectivity index (χ1v) is 7.50. The van der Waals surface area contributed by atoms with Crippen LogP contribution in [0.15, 0.2) is 16.7 Å². The highest BCUT2D eigenvalue weighted by molar-refractivity contribution is 9.10. The van der Waals surface area contributed by atoms with Crippen LogP contribution in [0.2, 0.25) is 0 Å². The Morgan fingerprint density at radius 2 is 2.00 bits per heavy atom. The van der Waals surface area contributed by atoms with Gasteiger partial charge >= 0.3 is 0 Å². The zero-order chi connectivity index (χ0) is 14.8. The molecule has 0 saturated carbocycles.